The lowest BCUT2D eigenvalue weighted by Gasteiger charge is -2.16. The van der Waals surface area contributed by atoms with Gasteiger partial charge in [0.1, 0.15) is 6.10 Å². The summed E-state index contributed by atoms with van der Waals surface area (Å²) in [5.74, 6) is 0.0255. The molecular formula is C11H9BrO2. The highest BCUT2D eigenvalue weighted by Gasteiger charge is 2.22. The van der Waals surface area contributed by atoms with E-state index in [1.807, 2.05) is 24.3 Å². The first-order valence-electron chi connectivity index (χ1n) is 4.27. The number of halogens is 1. The van der Waals surface area contributed by atoms with Crippen molar-refractivity contribution in [2.45, 2.75) is 6.10 Å². The molecule has 0 saturated heterocycles. The Kier molecular flexibility index (Phi) is 2.52. The van der Waals surface area contributed by atoms with Gasteiger partial charge in [-0.1, -0.05) is 22.0 Å². The average Bonchev–Trinajstić information content (AvgIpc) is 2.18. The molecule has 0 saturated carbocycles. The van der Waals surface area contributed by atoms with Crippen molar-refractivity contribution in [1.29, 1.82) is 0 Å². The molecule has 0 aromatic heterocycles. The Morgan fingerprint density at radius 3 is 2.93 bits per heavy atom. The number of Topliss-reactive ketones (excluding diaryl/α,β-unsaturated/α-hetero) is 1. The van der Waals surface area contributed by atoms with Gasteiger partial charge < -0.3 is 4.74 Å². The van der Waals surface area contributed by atoms with E-state index in [2.05, 4.69) is 15.9 Å². The first-order chi connectivity index (χ1) is 6.72. The van der Waals surface area contributed by atoms with Gasteiger partial charge in [0.05, 0.1) is 0 Å². The zero-order chi connectivity index (χ0) is 10.1. The van der Waals surface area contributed by atoms with Crippen LogP contribution in [0.2, 0.25) is 0 Å². The lowest BCUT2D eigenvalue weighted by Crippen LogP contribution is -2.23. The summed E-state index contributed by atoms with van der Waals surface area (Å²) in [5, 5.41) is 0. The third-order valence-electron chi connectivity index (χ3n) is 2.24. The number of ketones is 1. The Labute approximate surface area is 90.7 Å². The molecule has 1 unspecified atom stereocenters. The molecule has 2 nitrogen and oxygen atoms in total. The van der Waals surface area contributed by atoms with Gasteiger partial charge in [-0.15, -0.1) is 0 Å². The zero-order valence-electron chi connectivity index (χ0n) is 7.66. The molecule has 3 heteroatoms. The summed E-state index contributed by atoms with van der Waals surface area (Å²) in [6.07, 6.45) is 3.26. The molecule has 1 aromatic carbocycles. The van der Waals surface area contributed by atoms with Crippen molar-refractivity contribution in [2.75, 3.05) is 7.11 Å². The van der Waals surface area contributed by atoms with Gasteiger partial charge in [-0.3, -0.25) is 4.79 Å². The summed E-state index contributed by atoms with van der Waals surface area (Å²) in [6.45, 7) is 0. The zero-order valence-corrected chi connectivity index (χ0v) is 9.24. The first-order valence-corrected chi connectivity index (χ1v) is 5.06. The Morgan fingerprint density at radius 1 is 1.43 bits per heavy atom. The van der Waals surface area contributed by atoms with Crippen LogP contribution < -0.4 is 0 Å². The van der Waals surface area contributed by atoms with Crippen molar-refractivity contribution in [1.82, 2.24) is 0 Å². The first kappa shape index (κ1) is 9.62. The van der Waals surface area contributed by atoms with Crippen LogP contribution in [0.5, 0.6) is 0 Å². The molecule has 1 aromatic rings. The number of methoxy groups -OCH3 is 1. The van der Waals surface area contributed by atoms with Crippen LogP contribution in [0.15, 0.2) is 28.7 Å². The minimum atomic E-state index is -0.427. The van der Waals surface area contributed by atoms with E-state index in [9.17, 15) is 4.79 Å². The number of ether oxygens (including phenoxy) is 1. The van der Waals surface area contributed by atoms with E-state index < -0.39 is 6.10 Å². The van der Waals surface area contributed by atoms with Gasteiger partial charge in [0.25, 0.3) is 0 Å². The van der Waals surface area contributed by atoms with Crippen molar-refractivity contribution < 1.29 is 9.53 Å². The van der Waals surface area contributed by atoms with Gasteiger partial charge in [0.2, 0.25) is 0 Å². The predicted molar refractivity (Wildman–Crippen MR) is 58.3 cm³/mol. The molecule has 0 radical (unpaired) electrons. The van der Waals surface area contributed by atoms with E-state index in [1.165, 1.54) is 7.11 Å². The molecule has 0 aliphatic heterocycles. The standard InChI is InChI=1S/C11H9BrO2/c1-14-10-5-2-7-6-8(12)3-4-9(7)11(10)13/h2-6,10H,1H3. The Morgan fingerprint density at radius 2 is 2.21 bits per heavy atom. The number of carbonyl (C=O) groups is 1. The van der Waals surface area contributed by atoms with Crippen molar-refractivity contribution in [3.05, 3.63) is 39.9 Å². The summed E-state index contributed by atoms with van der Waals surface area (Å²) in [7, 11) is 1.54. The number of hydrogen-bond donors (Lipinski definition) is 0. The highest BCUT2D eigenvalue weighted by Crippen LogP contribution is 2.24. The fourth-order valence-electron chi connectivity index (χ4n) is 1.51. The van der Waals surface area contributed by atoms with Crippen LogP contribution >= 0.6 is 15.9 Å². The third kappa shape index (κ3) is 1.53. The smallest absolute Gasteiger partial charge is 0.196 e. The second-order valence-electron chi connectivity index (χ2n) is 3.11. The number of carbonyl (C=O) groups excluding carboxylic acids is 1. The van der Waals surface area contributed by atoms with E-state index >= 15 is 0 Å². The highest BCUT2D eigenvalue weighted by atomic mass is 79.9. The highest BCUT2D eigenvalue weighted by molar-refractivity contribution is 9.10. The molecule has 0 heterocycles. The predicted octanol–water partition coefficient (Wildman–Crippen LogP) is 2.67. The maximum Gasteiger partial charge on any atom is 0.196 e. The van der Waals surface area contributed by atoms with E-state index in [0.29, 0.717) is 0 Å². The molecule has 1 aliphatic rings. The van der Waals surface area contributed by atoms with E-state index in [-0.39, 0.29) is 5.78 Å². The molecule has 2 rings (SSSR count). The topological polar surface area (TPSA) is 26.3 Å². The van der Waals surface area contributed by atoms with Gasteiger partial charge >= 0.3 is 0 Å². The third-order valence-corrected chi connectivity index (χ3v) is 2.74. The van der Waals surface area contributed by atoms with Crippen LogP contribution in [0.3, 0.4) is 0 Å². The van der Waals surface area contributed by atoms with Gasteiger partial charge in [0.15, 0.2) is 5.78 Å². The SMILES string of the molecule is COC1C=Cc2cc(Br)ccc2C1=O. The maximum atomic E-state index is 11.8. The van der Waals surface area contributed by atoms with Crippen LogP contribution in [0.25, 0.3) is 6.08 Å². The van der Waals surface area contributed by atoms with Crippen LogP contribution in [-0.4, -0.2) is 19.0 Å². The average molecular weight is 253 g/mol. The lowest BCUT2D eigenvalue weighted by molar-refractivity contribution is 0.0717. The normalized spacial score (nSPS) is 19.6. The fraction of sp³-hybridized carbons (Fsp3) is 0.182. The largest absolute Gasteiger partial charge is 0.369 e. The minimum absolute atomic E-state index is 0.0255. The van der Waals surface area contributed by atoms with Crippen molar-refractivity contribution in [2.24, 2.45) is 0 Å². The molecular weight excluding hydrogens is 244 g/mol. The number of rotatable bonds is 1. The summed E-state index contributed by atoms with van der Waals surface area (Å²) >= 11 is 3.37. The van der Waals surface area contributed by atoms with Gasteiger partial charge in [-0.2, -0.15) is 0 Å². The molecule has 0 N–H and O–H groups in total. The summed E-state index contributed by atoms with van der Waals surface area (Å²) in [6, 6.07) is 5.61. The molecule has 0 spiro atoms. The molecule has 14 heavy (non-hydrogen) atoms. The lowest BCUT2D eigenvalue weighted by atomic mass is 9.94. The summed E-state index contributed by atoms with van der Waals surface area (Å²) in [4.78, 5) is 11.8. The minimum Gasteiger partial charge on any atom is -0.369 e. The van der Waals surface area contributed by atoms with E-state index in [1.54, 1.807) is 6.08 Å². The van der Waals surface area contributed by atoms with Gasteiger partial charge in [-0.05, 0) is 29.8 Å². The van der Waals surface area contributed by atoms with Gasteiger partial charge in [0, 0.05) is 17.1 Å². The number of benzene rings is 1. The van der Waals surface area contributed by atoms with E-state index in [4.69, 9.17) is 4.74 Å². The second kappa shape index (κ2) is 3.67. The maximum absolute atomic E-state index is 11.8. The monoisotopic (exact) mass is 252 g/mol. The molecule has 0 fully saturated rings. The fourth-order valence-corrected chi connectivity index (χ4v) is 1.89. The Bertz CT molecular complexity index is 410. The number of hydrogen-bond acceptors (Lipinski definition) is 2. The Balaban J connectivity index is 2.50. The number of fused-ring (bicyclic) bond motifs is 1. The van der Waals surface area contributed by atoms with Crippen molar-refractivity contribution in [3.8, 4) is 0 Å². The van der Waals surface area contributed by atoms with Crippen LogP contribution in [0.1, 0.15) is 15.9 Å². The molecule has 0 bridgehead atoms. The van der Waals surface area contributed by atoms with Crippen molar-refractivity contribution in [3.63, 3.8) is 0 Å². The second-order valence-corrected chi connectivity index (χ2v) is 4.03. The molecule has 1 aliphatic carbocycles. The summed E-state index contributed by atoms with van der Waals surface area (Å²) in [5.41, 5.74) is 1.67. The molecule has 0 amide bonds. The quantitative estimate of drug-likeness (QED) is 0.769. The van der Waals surface area contributed by atoms with Crippen LogP contribution in [0.4, 0.5) is 0 Å². The van der Waals surface area contributed by atoms with E-state index in [0.717, 1.165) is 15.6 Å². The van der Waals surface area contributed by atoms with Crippen LogP contribution in [-0.2, 0) is 4.74 Å². The summed E-state index contributed by atoms with van der Waals surface area (Å²) < 4.78 is 6.02. The molecule has 72 valence electrons. The van der Waals surface area contributed by atoms with Crippen molar-refractivity contribution >= 4 is 27.8 Å². The van der Waals surface area contributed by atoms with Crippen LogP contribution in [0, 0.1) is 0 Å². The molecule has 1 atom stereocenters. The Hall–Kier alpha value is -0.930. The van der Waals surface area contributed by atoms with Gasteiger partial charge in [-0.25, -0.2) is 0 Å².